The lowest BCUT2D eigenvalue weighted by molar-refractivity contribution is -0.742. The average molecular weight is 646 g/mol. The molecule has 16 heteroatoms. The molecule has 0 amide bonds. The van der Waals surface area contributed by atoms with Gasteiger partial charge in [-0.05, 0) is 47.6 Å². The monoisotopic (exact) mass is 644 g/mol. The maximum Gasteiger partial charge on any atom is 0.342 e. The molecule has 1 atom stereocenters. The van der Waals surface area contributed by atoms with Crippen molar-refractivity contribution in [3.8, 4) is 0 Å². The first-order chi connectivity index (χ1) is 19.5. The maximum atomic E-state index is 10.4. The predicted molar refractivity (Wildman–Crippen MR) is 158 cm³/mol. The average Bonchev–Trinajstić information content (AvgIpc) is 3.56. The fraction of sp³-hybridized carbons (Fsp3) is 0.280. The number of aryl methyl sites for hydroxylation is 2. The molecule has 1 unspecified atom stereocenters. The van der Waals surface area contributed by atoms with Gasteiger partial charge in [-0.15, -0.1) is 21.9 Å². The van der Waals surface area contributed by atoms with Gasteiger partial charge < -0.3 is 25.0 Å². The van der Waals surface area contributed by atoms with Gasteiger partial charge in [0.05, 0.1) is 23.0 Å². The highest BCUT2D eigenvalue weighted by molar-refractivity contribution is 8.00. The Kier molecular flexibility index (Phi) is 14.4. The Morgan fingerprint density at radius 2 is 1.71 bits per heavy atom. The molecule has 0 saturated heterocycles. The summed E-state index contributed by atoms with van der Waals surface area (Å²) in [6.07, 6.45) is 8.75. The molecular formula is C25H27Cl3N6O6S. The van der Waals surface area contributed by atoms with E-state index in [0.717, 1.165) is 29.3 Å². The second kappa shape index (κ2) is 17.5. The molecule has 0 bridgehead atoms. The molecule has 2 aromatic heterocycles. The molecule has 2 aromatic carbocycles. The predicted octanol–water partition coefficient (Wildman–Crippen LogP) is 6.38. The molecule has 4 aromatic rings. The molecule has 0 fully saturated rings. The van der Waals surface area contributed by atoms with Gasteiger partial charge in [-0.25, -0.2) is 14.5 Å². The minimum atomic E-state index is -1.50. The number of hydrogen-bond acceptors (Lipinski definition) is 8. The number of nitro groups is 1. The summed E-state index contributed by atoms with van der Waals surface area (Å²) in [6.45, 7) is 2.59. The van der Waals surface area contributed by atoms with Gasteiger partial charge in [0.1, 0.15) is 12.7 Å². The van der Waals surface area contributed by atoms with Crippen molar-refractivity contribution in [2.24, 2.45) is 0 Å². The molecule has 0 aliphatic rings. The highest BCUT2D eigenvalue weighted by Gasteiger charge is 2.17. The second-order valence-electron chi connectivity index (χ2n) is 8.25. The van der Waals surface area contributed by atoms with Gasteiger partial charge in [-0.2, -0.15) is 0 Å². The van der Waals surface area contributed by atoms with Crippen LogP contribution in [0.5, 0.6) is 0 Å². The van der Waals surface area contributed by atoms with E-state index in [0.29, 0.717) is 21.1 Å². The summed E-state index contributed by atoms with van der Waals surface area (Å²) in [5, 5.41) is 35.1. The number of nitrogens with zero attached hydrogens (tertiary/aromatic N) is 6. The van der Waals surface area contributed by atoms with Gasteiger partial charge in [0.15, 0.2) is 5.82 Å². The number of rotatable bonds is 10. The first-order valence-corrected chi connectivity index (χ1v) is 13.9. The lowest BCUT2D eigenvalue weighted by atomic mass is 10.1. The van der Waals surface area contributed by atoms with Crippen LogP contribution in [0.4, 0.5) is 5.82 Å². The van der Waals surface area contributed by atoms with Crippen LogP contribution in [0, 0.1) is 27.2 Å². The van der Waals surface area contributed by atoms with Crippen molar-refractivity contribution in [1.29, 1.82) is 0 Å². The van der Waals surface area contributed by atoms with Crippen molar-refractivity contribution in [1.82, 2.24) is 19.1 Å². The van der Waals surface area contributed by atoms with E-state index in [2.05, 4.69) is 26.7 Å². The minimum Gasteiger partial charge on any atom is -0.392 e. The van der Waals surface area contributed by atoms with E-state index in [1.165, 1.54) is 16.3 Å². The number of thioether (sulfide) groups is 1. The van der Waals surface area contributed by atoms with Crippen LogP contribution >= 0.6 is 46.6 Å². The van der Waals surface area contributed by atoms with Crippen LogP contribution in [0.25, 0.3) is 0 Å². The molecule has 220 valence electrons. The standard InChI is InChI=1S/C19H17Cl3N2S.C6H9N3O3.HNO3/c20-15-7-4-14(5-8-15)6-9-16(12-24-11-10-23-13-24)25-19-17(21)2-1-3-18(19)22;1-5-7-4-6(9(11)12)8(5)2-3-10;2-1(3)4/h1-5,7-8,10-11,13,16H,6,9,12H2;4,10H,2-3H2,1H3;(H,2,3,4). The summed E-state index contributed by atoms with van der Waals surface area (Å²) in [5.41, 5.74) is 1.27. The fourth-order valence-corrected chi connectivity index (χ4v) is 5.50. The third kappa shape index (κ3) is 12.0. The minimum absolute atomic E-state index is 0.0819. The van der Waals surface area contributed by atoms with Gasteiger partial charge >= 0.3 is 5.82 Å². The summed E-state index contributed by atoms with van der Waals surface area (Å²) in [5.74, 6) is 0.456. The normalized spacial score (nSPS) is 11.0. The SMILES string of the molecule is Cc1ncc([N+](=O)[O-])n1CCO.Clc1ccc(CCC(Cn2ccnc2)Sc2c(Cl)cccc2Cl)cc1.O=[N+]([O-])O. The van der Waals surface area contributed by atoms with Crippen molar-refractivity contribution < 1.29 is 20.3 Å². The van der Waals surface area contributed by atoms with Crippen molar-refractivity contribution in [2.45, 2.75) is 43.0 Å². The lowest BCUT2D eigenvalue weighted by Crippen LogP contribution is -2.13. The number of halogens is 3. The Bertz CT molecular complexity index is 1360. The van der Waals surface area contributed by atoms with Crippen LogP contribution in [0.1, 0.15) is 17.8 Å². The van der Waals surface area contributed by atoms with E-state index in [9.17, 15) is 10.1 Å². The smallest absolute Gasteiger partial charge is 0.342 e. The molecule has 0 spiro atoms. The fourth-order valence-electron chi connectivity index (χ4n) is 3.54. The zero-order chi connectivity index (χ0) is 30.4. The van der Waals surface area contributed by atoms with Crippen LogP contribution in [-0.4, -0.2) is 51.3 Å². The molecule has 41 heavy (non-hydrogen) atoms. The quantitative estimate of drug-likeness (QED) is 0.113. The molecule has 0 saturated carbocycles. The van der Waals surface area contributed by atoms with Crippen molar-refractivity contribution in [3.05, 3.63) is 114 Å². The van der Waals surface area contributed by atoms with E-state index in [1.54, 1.807) is 24.9 Å². The van der Waals surface area contributed by atoms with Crippen molar-refractivity contribution in [2.75, 3.05) is 6.61 Å². The Labute approximate surface area is 254 Å². The van der Waals surface area contributed by atoms with E-state index in [4.69, 9.17) is 55.2 Å². The van der Waals surface area contributed by atoms with E-state index in [-0.39, 0.29) is 19.0 Å². The number of aromatic nitrogens is 4. The first kappa shape index (κ1) is 33.8. The molecule has 0 aliphatic heterocycles. The highest BCUT2D eigenvalue weighted by atomic mass is 35.5. The third-order valence-corrected chi connectivity index (χ3v) is 7.89. The van der Waals surface area contributed by atoms with Gasteiger partial charge in [-0.1, -0.05) is 53.0 Å². The second-order valence-corrected chi connectivity index (χ2v) is 10.8. The van der Waals surface area contributed by atoms with Crippen LogP contribution in [-0.2, 0) is 19.5 Å². The van der Waals surface area contributed by atoms with E-state index in [1.807, 2.05) is 42.9 Å². The van der Waals surface area contributed by atoms with E-state index < -0.39 is 10.0 Å². The largest absolute Gasteiger partial charge is 0.392 e. The van der Waals surface area contributed by atoms with Crippen molar-refractivity contribution >= 4 is 52.4 Å². The maximum absolute atomic E-state index is 10.4. The van der Waals surface area contributed by atoms with E-state index >= 15 is 0 Å². The Hall–Kier alpha value is -3.36. The number of hydrogen-bond donors (Lipinski definition) is 2. The number of imidazole rings is 2. The van der Waals surface area contributed by atoms with Crippen LogP contribution in [0.3, 0.4) is 0 Å². The summed E-state index contributed by atoms with van der Waals surface area (Å²) in [7, 11) is 0. The van der Waals surface area contributed by atoms with Crippen LogP contribution in [0.15, 0.2) is 72.3 Å². The summed E-state index contributed by atoms with van der Waals surface area (Å²) in [4.78, 5) is 27.1. The van der Waals surface area contributed by atoms with Gasteiger partial charge in [-0.3, -0.25) is 0 Å². The highest BCUT2D eigenvalue weighted by Crippen LogP contribution is 2.38. The molecule has 2 N–H and O–H groups in total. The Morgan fingerprint density at radius 1 is 1.07 bits per heavy atom. The Balaban J connectivity index is 0.000000306. The summed E-state index contributed by atoms with van der Waals surface area (Å²) in [6, 6.07) is 13.6. The van der Waals surface area contributed by atoms with Crippen molar-refractivity contribution in [3.63, 3.8) is 0 Å². The zero-order valence-electron chi connectivity index (χ0n) is 21.7. The molecule has 0 aliphatic carbocycles. The molecule has 2 heterocycles. The Morgan fingerprint density at radius 3 is 2.24 bits per heavy atom. The number of aliphatic hydroxyl groups excluding tert-OH is 1. The van der Waals surface area contributed by atoms with Crippen LogP contribution in [0.2, 0.25) is 15.1 Å². The number of aliphatic hydroxyl groups is 1. The lowest BCUT2D eigenvalue weighted by Gasteiger charge is -2.19. The molecule has 12 nitrogen and oxygen atoms in total. The number of benzene rings is 2. The topological polar surface area (TPSA) is 162 Å². The zero-order valence-corrected chi connectivity index (χ0v) is 24.8. The molecular weight excluding hydrogens is 619 g/mol. The van der Waals surface area contributed by atoms with Crippen LogP contribution < -0.4 is 0 Å². The summed E-state index contributed by atoms with van der Waals surface area (Å²) < 4.78 is 3.45. The molecule has 4 rings (SSSR count). The summed E-state index contributed by atoms with van der Waals surface area (Å²) >= 11 is 20.4. The third-order valence-electron chi connectivity index (χ3n) is 5.39. The van der Waals surface area contributed by atoms with Gasteiger partial charge in [0.25, 0.3) is 5.09 Å². The molecule has 0 radical (unpaired) electrons. The first-order valence-electron chi connectivity index (χ1n) is 11.9. The van der Waals surface area contributed by atoms with Gasteiger partial charge in [0, 0.05) is 41.0 Å². The van der Waals surface area contributed by atoms with Gasteiger partial charge in [0.2, 0.25) is 0 Å².